The number of carbonyl (C=O) groups excluding carboxylic acids is 2. The van der Waals surface area contributed by atoms with Crippen LogP contribution in [0.3, 0.4) is 0 Å². The zero-order valence-corrected chi connectivity index (χ0v) is 19.5. The van der Waals surface area contributed by atoms with Gasteiger partial charge in [0.25, 0.3) is 0 Å². The number of esters is 2. The predicted octanol–water partition coefficient (Wildman–Crippen LogP) is 2.13. The van der Waals surface area contributed by atoms with Gasteiger partial charge in [-0.15, -0.1) is 0 Å². The Hall–Kier alpha value is -4.12. The second-order valence-electron chi connectivity index (χ2n) is 8.28. The van der Waals surface area contributed by atoms with Gasteiger partial charge < -0.3 is 41.6 Å². The van der Waals surface area contributed by atoms with E-state index in [1.54, 1.807) is 60.7 Å². The molecule has 36 heavy (non-hydrogen) atoms. The number of nitrogen functional groups attached to an aromatic ring is 3. The molecule has 8 N–H and O–H groups in total. The lowest BCUT2D eigenvalue weighted by molar-refractivity contribution is -0.153. The van der Waals surface area contributed by atoms with Gasteiger partial charge in [0.15, 0.2) is 6.29 Å². The monoisotopic (exact) mass is 495 g/mol. The Bertz CT molecular complexity index is 1140. The summed E-state index contributed by atoms with van der Waals surface area (Å²) in [4.78, 5) is 25.2. The lowest BCUT2D eigenvalue weighted by Crippen LogP contribution is -2.42. The lowest BCUT2D eigenvalue weighted by Gasteiger charge is -2.31. The minimum absolute atomic E-state index is 0.136. The van der Waals surface area contributed by atoms with E-state index in [0.29, 0.717) is 11.3 Å². The molecule has 10 heteroatoms. The highest BCUT2D eigenvalue weighted by Gasteiger charge is 2.36. The van der Waals surface area contributed by atoms with Crippen molar-refractivity contribution in [1.29, 1.82) is 0 Å². The van der Waals surface area contributed by atoms with E-state index in [1.165, 1.54) is 12.1 Å². The molecule has 3 aromatic carbocycles. The third-order valence-corrected chi connectivity index (χ3v) is 5.53. The molecule has 0 aliphatic carbocycles. The summed E-state index contributed by atoms with van der Waals surface area (Å²) in [5, 5.41) is 20.8. The van der Waals surface area contributed by atoms with Gasteiger partial charge in [0.1, 0.15) is 13.2 Å². The van der Waals surface area contributed by atoms with Gasteiger partial charge >= 0.3 is 11.9 Å². The number of benzene rings is 3. The molecule has 0 aromatic heterocycles. The van der Waals surface area contributed by atoms with Gasteiger partial charge in [0.05, 0.1) is 29.8 Å². The number of aliphatic hydroxyl groups is 2. The molecule has 0 spiro atoms. The number of para-hydroxylation sites is 3. The number of rotatable bonds is 11. The molecule has 0 aliphatic heterocycles. The summed E-state index contributed by atoms with van der Waals surface area (Å²) in [6.45, 7) is -1.79. The highest BCUT2D eigenvalue weighted by atomic mass is 16.6. The highest BCUT2D eigenvalue weighted by Crippen LogP contribution is 2.27. The van der Waals surface area contributed by atoms with Crippen LogP contribution in [0.5, 0.6) is 0 Å². The van der Waals surface area contributed by atoms with E-state index in [-0.39, 0.29) is 29.1 Å². The van der Waals surface area contributed by atoms with E-state index in [9.17, 15) is 19.8 Å². The summed E-state index contributed by atoms with van der Waals surface area (Å²) in [5.74, 6) is -1.48. The van der Waals surface area contributed by atoms with Crippen LogP contribution in [-0.4, -0.2) is 48.6 Å². The van der Waals surface area contributed by atoms with E-state index in [1.807, 2.05) is 0 Å². The van der Waals surface area contributed by atoms with Crippen LogP contribution in [0.25, 0.3) is 0 Å². The quantitative estimate of drug-likeness (QED) is 0.150. The molecule has 1 unspecified atom stereocenters. The maximum atomic E-state index is 12.6. The molecule has 0 radical (unpaired) electrons. The van der Waals surface area contributed by atoms with Crippen LogP contribution < -0.4 is 17.2 Å². The van der Waals surface area contributed by atoms with Crippen LogP contribution in [0, 0.1) is 5.41 Å². The van der Waals surface area contributed by atoms with Crippen molar-refractivity contribution in [1.82, 2.24) is 0 Å². The van der Waals surface area contributed by atoms with Gasteiger partial charge in [-0.2, -0.15) is 0 Å². The Morgan fingerprint density at radius 1 is 0.722 bits per heavy atom. The first-order valence-electron chi connectivity index (χ1n) is 11.0. The summed E-state index contributed by atoms with van der Waals surface area (Å²) in [7, 11) is 0. The minimum atomic E-state index is -1.45. The van der Waals surface area contributed by atoms with E-state index >= 15 is 0 Å². The van der Waals surface area contributed by atoms with Crippen LogP contribution >= 0.6 is 0 Å². The maximum absolute atomic E-state index is 12.6. The normalized spacial score (nSPS) is 12.1. The second-order valence-corrected chi connectivity index (χ2v) is 8.28. The maximum Gasteiger partial charge on any atom is 0.340 e. The molecule has 1 atom stereocenters. The Labute approximate surface area is 208 Å². The molecule has 0 fully saturated rings. The summed E-state index contributed by atoms with van der Waals surface area (Å²) in [5.41, 5.74) is 17.5. The van der Waals surface area contributed by atoms with Crippen molar-refractivity contribution < 1.29 is 34.0 Å². The predicted molar refractivity (Wildman–Crippen MR) is 134 cm³/mol. The van der Waals surface area contributed by atoms with Gasteiger partial charge in [-0.05, 0) is 30.3 Å². The average Bonchev–Trinajstić information content (AvgIpc) is 2.89. The number of aliphatic hydroxyl groups excluding tert-OH is 2. The fourth-order valence-electron chi connectivity index (χ4n) is 3.30. The first kappa shape index (κ1) is 26.5. The molecule has 3 rings (SSSR count). The molecule has 10 nitrogen and oxygen atoms in total. The van der Waals surface area contributed by atoms with Gasteiger partial charge in [-0.1, -0.05) is 42.5 Å². The zero-order chi connectivity index (χ0) is 26.1. The molecule has 0 heterocycles. The Kier molecular flexibility index (Phi) is 8.85. The van der Waals surface area contributed by atoms with E-state index < -0.39 is 43.5 Å². The standard InChI is InChI=1S/C26H29N3O7/c27-20-10-4-1-7-17(20)23(31)34-14-26(13-30,15-35-24(32)18-8-2-5-11-21(18)28)16-36-25(33)19-9-3-6-12-22(19)29/h1-12,23,30-31H,13-16,27-29H2. The molecule has 0 aliphatic rings. The molecule has 190 valence electrons. The van der Waals surface area contributed by atoms with Gasteiger partial charge in [-0.25, -0.2) is 9.59 Å². The van der Waals surface area contributed by atoms with E-state index in [2.05, 4.69) is 0 Å². The van der Waals surface area contributed by atoms with Crippen LogP contribution in [0.2, 0.25) is 0 Å². The molecular formula is C26H29N3O7. The van der Waals surface area contributed by atoms with Crippen molar-refractivity contribution in [3.8, 4) is 0 Å². The van der Waals surface area contributed by atoms with Crippen LogP contribution in [0.1, 0.15) is 32.6 Å². The number of hydrogen-bond donors (Lipinski definition) is 5. The first-order valence-corrected chi connectivity index (χ1v) is 11.0. The third-order valence-electron chi connectivity index (χ3n) is 5.53. The first-order chi connectivity index (χ1) is 17.3. The number of ether oxygens (including phenoxy) is 3. The average molecular weight is 496 g/mol. The molecule has 0 bridgehead atoms. The van der Waals surface area contributed by atoms with Crippen molar-refractivity contribution in [3.63, 3.8) is 0 Å². The van der Waals surface area contributed by atoms with Crippen molar-refractivity contribution >= 4 is 29.0 Å². The Morgan fingerprint density at radius 3 is 1.61 bits per heavy atom. The van der Waals surface area contributed by atoms with Crippen molar-refractivity contribution in [2.24, 2.45) is 5.41 Å². The van der Waals surface area contributed by atoms with Gasteiger partial charge in [0, 0.05) is 22.6 Å². The number of nitrogens with two attached hydrogens (primary N) is 3. The molecule has 0 saturated carbocycles. The van der Waals surface area contributed by atoms with Crippen molar-refractivity contribution in [3.05, 3.63) is 89.5 Å². The molecule has 3 aromatic rings. The van der Waals surface area contributed by atoms with Gasteiger partial charge in [-0.3, -0.25) is 0 Å². The topological polar surface area (TPSA) is 180 Å². The van der Waals surface area contributed by atoms with Crippen molar-refractivity contribution in [2.75, 3.05) is 43.6 Å². The summed E-state index contributed by atoms with van der Waals surface area (Å²) in [6, 6.07) is 19.2. The van der Waals surface area contributed by atoms with Crippen LogP contribution in [-0.2, 0) is 14.2 Å². The van der Waals surface area contributed by atoms with Crippen LogP contribution in [0.4, 0.5) is 17.1 Å². The lowest BCUT2D eigenvalue weighted by atomic mass is 9.92. The molecule has 0 saturated heterocycles. The minimum Gasteiger partial charge on any atom is -0.461 e. The molecule has 0 amide bonds. The fourth-order valence-corrected chi connectivity index (χ4v) is 3.30. The van der Waals surface area contributed by atoms with E-state index in [4.69, 9.17) is 31.4 Å². The van der Waals surface area contributed by atoms with Crippen LogP contribution in [0.15, 0.2) is 72.8 Å². The highest BCUT2D eigenvalue weighted by molar-refractivity contribution is 5.95. The van der Waals surface area contributed by atoms with Crippen molar-refractivity contribution in [2.45, 2.75) is 6.29 Å². The number of anilines is 3. The second kappa shape index (κ2) is 12.0. The number of hydrogen-bond acceptors (Lipinski definition) is 10. The largest absolute Gasteiger partial charge is 0.461 e. The third kappa shape index (κ3) is 6.51. The van der Waals surface area contributed by atoms with E-state index in [0.717, 1.165) is 0 Å². The molecular weight excluding hydrogens is 466 g/mol. The van der Waals surface area contributed by atoms with Gasteiger partial charge in [0.2, 0.25) is 0 Å². The SMILES string of the molecule is Nc1ccccc1C(=O)OCC(CO)(COC(=O)c1ccccc1N)COC(O)c1ccccc1N. The summed E-state index contributed by atoms with van der Waals surface area (Å²) < 4.78 is 16.4. The summed E-state index contributed by atoms with van der Waals surface area (Å²) >= 11 is 0. The zero-order valence-electron chi connectivity index (χ0n) is 19.5. The Balaban J connectivity index is 1.77. The fraction of sp³-hybridized carbons (Fsp3) is 0.231. The summed E-state index contributed by atoms with van der Waals surface area (Å²) in [6.07, 6.45) is -1.45. The Morgan fingerprint density at radius 2 is 1.17 bits per heavy atom. The smallest absolute Gasteiger partial charge is 0.340 e. The number of carbonyl (C=O) groups is 2.